The molecule has 4 aromatic rings. The highest BCUT2D eigenvalue weighted by Crippen LogP contribution is 2.38. The maximum absolute atomic E-state index is 14.8. The number of nitrogens with two attached hydrogens (primary N) is 1. The number of imidazole rings is 1. The number of anilines is 4. The number of rotatable bonds is 7. The van der Waals surface area contributed by atoms with Gasteiger partial charge in [-0.3, -0.25) is 9.36 Å². The van der Waals surface area contributed by atoms with Crippen LogP contribution in [0.15, 0.2) is 48.7 Å². The first-order chi connectivity index (χ1) is 21.2. The number of hydrogen-bond donors (Lipinski definition) is 4. The maximum Gasteiger partial charge on any atom is 0.321 e. The SMILES string of the molecule is NC(=O)C1CCC(n2c(Nc3c(F)cc(F)cc3Cl)nc3cnc(N[C@@H]4CCCN(C(=O)Nc5ccccc5)C4)nc32)CC1. The molecule has 11 nitrogen and oxygen atoms in total. The van der Waals surface area contributed by atoms with Crippen molar-refractivity contribution in [1.82, 2.24) is 24.4 Å². The third kappa shape index (κ3) is 6.37. The van der Waals surface area contributed by atoms with Crippen molar-refractivity contribution in [2.45, 2.75) is 50.6 Å². The van der Waals surface area contributed by atoms with E-state index in [9.17, 15) is 18.4 Å². The molecule has 44 heavy (non-hydrogen) atoms. The highest BCUT2D eigenvalue weighted by Gasteiger charge is 2.30. The third-order valence-corrected chi connectivity index (χ3v) is 8.51. The lowest BCUT2D eigenvalue weighted by atomic mass is 9.85. The number of nitrogens with zero attached hydrogens (tertiary/aromatic N) is 5. The van der Waals surface area contributed by atoms with Gasteiger partial charge in [-0.15, -0.1) is 0 Å². The summed E-state index contributed by atoms with van der Waals surface area (Å²) < 4.78 is 30.3. The van der Waals surface area contributed by atoms with Gasteiger partial charge in [0.1, 0.15) is 11.3 Å². The fourth-order valence-corrected chi connectivity index (χ4v) is 6.21. The van der Waals surface area contributed by atoms with E-state index >= 15 is 0 Å². The number of urea groups is 1. The van der Waals surface area contributed by atoms with Crippen molar-refractivity contribution in [3.8, 4) is 0 Å². The van der Waals surface area contributed by atoms with E-state index in [1.807, 2.05) is 34.9 Å². The summed E-state index contributed by atoms with van der Waals surface area (Å²) >= 11 is 6.19. The molecule has 0 unspecified atom stereocenters. The van der Waals surface area contributed by atoms with Crippen molar-refractivity contribution in [2.24, 2.45) is 11.7 Å². The van der Waals surface area contributed by atoms with Crippen LogP contribution in [0.25, 0.3) is 11.2 Å². The molecule has 1 aliphatic heterocycles. The molecule has 2 fully saturated rings. The van der Waals surface area contributed by atoms with Gasteiger partial charge in [-0.05, 0) is 56.7 Å². The number of benzene rings is 2. The Balaban J connectivity index is 1.26. The van der Waals surface area contributed by atoms with Gasteiger partial charge in [-0.1, -0.05) is 29.8 Å². The molecule has 1 saturated carbocycles. The van der Waals surface area contributed by atoms with Crippen LogP contribution < -0.4 is 21.7 Å². The van der Waals surface area contributed by atoms with Gasteiger partial charge < -0.3 is 26.6 Å². The molecule has 3 amide bonds. The smallest absolute Gasteiger partial charge is 0.321 e. The fraction of sp³-hybridized carbons (Fsp3) is 0.367. The second-order valence-electron chi connectivity index (χ2n) is 11.2. The third-order valence-electron chi connectivity index (χ3n) is 8.21. The molecular weight excluding hydrogens is 592 g/mol. The highest BCUT2D eigenvalue weighted by atomic mass is 35.5. The van der Waals surface area contributed by atoms with E-state index in [-0.39, 0.29) is 46.6 Å². The molecule has 0 radical (unpaired) electrons. The van der Waals surface area contributed by atoms with E-state index in [0.29, 0.717) is 55.9 Å². The zero-order valence-electron chi connectivity index (χ0n) is 23.8. The Hall–Kier alpha value is -4.52. The minimum atomic E-state index is -0.863. The van der Waals surface area contributed by atoms with Crippen LogP contribution in [0.3, 0.4) is 0 Å². The standard InChI is InChI=1S/C30H32ClF2N9O2/c31-22-13-18(32)14-23(33)25(22)39-29-38-24-15-35-28(40-27(24)42(29)21-10-8-17(9-11-21)26(34)43)36-20-7-4-12-41(16-20)30(44)37-19-5-2-1-3-6-19/h1-3,5-6,13-15,17,20-21H,4,7-12,16H2,(H2,34,43)(H,37,44)(H,38,39)(H,35,36,40)/t17?,20-,21?/m1/s1. The Morgan fingerprint density at radius 3 is 2.52 bits per heavy atom. The Labute approximate surface area is 257 Å². The molecule has 3 heterocycles. The first-order valence-electron chi connectivity index (χ1n) is 14.6. The minimum absolute atomic E-state index is 0.0881. The van der Waals surface area contributed by atoms with Gasteiger partial charge in [0, 0.05) is 42.8 Å². The number of piperidine rings is 1. The van der Waals surface area contributed by atoms with Crippen molar-refractivity contribution < 1.29 is 18.4 Å². The summed E-state index contributed by atoms with van der Waals surface area (Å²) in [6.45, 7) is 1.10. The average Bonchev–Trinajstić information content (AvgIpc) is 3.37. The van der Waals surface area contributed by atoms with E-state index in [4.69, 9.17) is 22.3 Å². The summed E-state index contributed by atoms with van der Waals surface area (Å²) in [7, 11) is 0. The second-order valence-corrected chi connectivity index (χ2v) is 11.6. The first-order valence-corrected chi connectivity index (χ1v) is 15.0. The predicted molar refractivity (Wildman–Crippen MR) is 164 cm³/mol. The quantitative estimate of drug-likeness (QED) is 0.203. The molecule has 2 aromatic carbocycles. The number of halogens is 3. The number of aromatic nitrogens is 4. The number of nitrogens with one attached hydrogen (secondary N) is 3. The number of carbonyl (C=O) groups is 2. The molecular formula is C30H32ClF2N9O2. The van der Waals surface area contributed by atoms with Crippen molar-refractivity contribution in [1.29, 1.82) is 0 Å². The molecule has 5 N–H and O–H groups in total. The van der Waals surface area contributed by atoms with Gasteiger partial charge in [0.2, 0.25) is 17.8 Å². The van der Waals surface area contributed by atoms with Crippen molar-refractivity contribution in [2.75, 3.05) is 29.0 Å². The van der Waals surface area contributed by atoms with Gasteiger partial charge in [-0.2, -0.15) is 4.98 Å². The summed E-state index contributed by atoms with van der Waals surface area (Å²) in [5.41, 5.74) is 7.13. The Bertz CT molecular complexity index is 1660. The van der Waals surface area contributed by atoms with Crippen molar-refractivity contribution in [3.63, 3.8) is 0 Å². The summed E-state index contributed by atoms with van der Waals surface area (Å²) in [5.74, 6) is -1.58. The first kappa shape index (κ1) is 29.5. The number of likely N-dealkylation sites (tertiary alicyclic amines) is 1. The van der Waals surface area contributed by atoms with Crippen LogP contribution in [-0.2, 0) is 4.79 Å². The monoisotopic (exact) mass is 623 g/mol. The molecule has 1 atom stereocenters. The molecule has 230 valence electrons. The number of carbonyl (C=O) groups excluding carboxylic acids is 2. The number of amides is 3. The van der Waals surface area contributed by atoms with Crippen LogP contribution >= 0.6 is 11.6 Å². The Morgan fingerprint density at radius 2 is 1.80 bits per heavy atom. The average molecular weight is 624 g/mol. The van der Waals surface area contributed by atoms with Gasteiger partial charge in [0.15, 0.2) is 11.5 Å². The van der Waals surface area contributed by atoms with Crippen LogP contribution in [0.1, 0.15) is 44.6 Å². The van der Waals surface area contributed by atoms with Crippen LogP contribution in [0, 0.1) is 17.6 Å². The number of hydrogen-bond acceptors (Lipinski definition) is 7. The largest absolute Gasteiger partial charge is 0.369 e. The normalized spacial score (nSPS) is 20.3. The molecule has 1 saturated heterocycles. The molecule has 2 aromatic heterocycles. The van der Waals surface area contributed by atoms with Crippen molar-refractivity contribution in [3.05, 3.63) is 65.3 Å². The number of para-hydroxylation sites is 1. The van der Waals surface area contributed by atoms with Crippen molar-refractivity contribution >= 4 is 58.0 Å². The minimum Gasteiger partial charge on any atom is -0.369 e. The van der Waals surface area contributed by atoms with E-state index in [1.54, 1.807) is 11.1 Å². The predicted octanol–water partition coefficient (Wildman–Crippen LogP) is 5.83. The second kappa shape index (κ2) is 12.6. The zero-order valence-corrected chi connectivity index (χ0v) is 24.5. The summed E-state index contributed by atoms with van der Waals surface area (Å²) in [6, 6.07) is 10.7. The number of primary amides is 1. The lowest BCUT2D eigenvalue weighted by molar-refractivity contribution is -0.122. The highest BCUT2D eigenvalue weighted by molar-refractivity contribution is 6.33. The number of fused-ring (bicyclic) bond motifs is 1. The molecule has 6 rings (SSSR count). The van der Waals surface area contributed by atoms with E-state index in [2.05, 4.69) is 25.9 Å². The summed E-state index contributed by atoms with van der Waals surface area (Å²) in [4.78, 5) is 40.4. The van der Waals surface area contributed by atoms with E-state index < -0.39 is 11.6 Å². The fourth-order valence-electron chi connectivity index (χ4n) is 5.97. The Kier molecular flexibility index (Phi) is 8.47. The van der Waals surface area contributed by atoms with Gasteiger partial charge in [0.05, 0.1) is 16.9 Å². The van der Waals surface area contributed by atoms with Gasteiger partial charge in [0.25, 0.3) is 0 Å². The van der Waals surface area contributed by atoms with E-state index in [1.165, 1.54) is 0 Å². The molecule has 0 bridgehead atoms. The van der Waals surface area contributed by atoms with Crippen LogP contribution in [0.2, 0.25) is 5.02 Å². The van der Waals surface area contributed by atoms with Crippen LogP contribution in [0.4, 0.5) is 36.8 Å². The maximum atomic E-state index is 14.8. The van der Waals surface area contributed by atoms with Crippen LogP contribution in [-0.4, -0.2) is 55.5 Å². The van der Waals surface area contributed by atoms with Gasteiger partial charge >= 0.3 is 6.03 Å². The molecule has 1 aliphatic carbocycles. The van der Waals surface area contributed by atoms with Gasteiger partial charge in [-0.25, -0.2) is 23.5 Å². The van der Waals surface area contributed by atoms with Crippen LogP contribution in [0.5, 0.6) is 0 Å². The molecule has 2 aliphatic rings. The lowest BCUT2D eigenvalue weighted by Gasteiger charge is -2.33. The molecule has 0 spiro atoms. The summed E-state index contributed by atoms with van der Waals surface area (Å²) in [5, 5.41) is 9.11. The lowest BCUT2D eigenvalue weighted by Crippen LogP contribution is -2.47. The summed E-state index contributed by atoms with van der Waals surface area (Å²) in [6.07, 6.45) is 5.62. The zero-order chi connectivity index (χ0) is 30.8. The molecule has 14 heteroatoms. The van der Waals surface area contributed by atoms with E-state index in [0.717, 1.165) is 30.7 Å². The Morgan fingerprint density at radius 1 is 1.02 bits per heavy atom. The topological polar surface area (TPSA) is 143 Å².